The van der Waals surface area contributed by atoms with Crippen LogP contribution < -0.4 is 10.6 Å². The van der Waals surface area contributed by atoms with Gasteiger partial charge in [0.15, 0.2) is 0 Å². The van der Waals surface area contributed by atoms with Gasteiger partial charge in [0.2, 0.25) is 0 Å². The summed E-state index contributed by atoms with van der Waals surface area (Å²) in [6.07, 6.45) is 8.04. The van der Waals surface area contributed by atoms with Crippen LogP contribution >= 0.6 is 0 Å². The molecule has 3 nitrogen and oxygen atoms in total. The molecule has 0 saturated carbocycles. The van der Waals surface area contributed by atoms with Crippen LogP contribution in [0.4, 0.5) is 11.4 Å². The number of nitrogens with one attached hydrogen (secondary N) is 2. The maximum atomic E-state index is 5.98. The summed E-state index contributed by atoms with van der Waals surface area (Å²) in [4.78, 5) is 0. The number of anilines is 2. The van der Waals surface area contributed by atoms with Gasteiger partial charge in [-0.05, 0) is 53.9 Å². The van der Waals surface area contributed by atoms with Crippen molar-refractivity contribution in [2.45, 2.75) is 85.5 Å². The molecule has 2 rings (SSSR count). The molecule has 2 aromatic rings. The van der Waals surface area contributed by atoms with Gasteiger partial charge < -0.3 is 15.4 Å². The maximum absolute atomic E-state index is 5.98. The number of hydrogen-bond acceptors (Lipinski definition) is 3. The molecule has 0 saturated heterocycles. The molecule has 0 amide bonds. The van der Waals surface area contributed by atoms with Gasteiger partial charge in [0, 0.05) is 24.5 Å². The minimum absolute atomic E-state index is 0.569. The van der Waals surface area contributed by atoms with Gasteiger partial charge in [-0.2, -0.15) is 0 Å². The van der Waals surface area contributed by atoms with E-state index in [9.17, 15) is 0 Å². The Labute approximate surface area is 197 Å². The van der Waals surface area contributed by atoms with Crippen molar-refractivity contribution >= 4 is 11.4 Å². The molecule has 0 bridgehead atoms. The molecule has 0 aromatic heterocycles. The summed E-state index contributed by atoms with van der Waals surface area (Å²) in [6.45, 7) is 14.5. The average molecular weight is 439 g/mol. The standard InChI is InChI=1S/C29H46N2O/c1-6-12-24-15-10-16-25(13-7-2)28(24)30-19-21-32-22-20-31-29-26(14-8-3)17-11-18-27(29)23(5)9-4/h10-11,15-18,23,30-31H,6-9,12-14,19-22H2,1-5H3. The first-order chi connectivity index (χ1) is 15.7. The zero-order valence-corrected chi connectivity index (χ0v) is 21.2. The Balaban J connectivity index is 1.85. The third-order valence-corrected chi connectivity index (χ3v) is 6.22. The van der Waals surface area contributed by atoms with Crippen molar-refractivity contribution in [2.75, 3.05) is 36.9 Å². The first-order valence-corrected chi connectivity index (χ1v) is 12.9. The van der Waals surface area contributed by atoms with E-state index in [-0.39, 0.29) is 0 Å². The molecule has 0 spiro atoms. The zero-order chi connectivity index (χ0) is 23.2. The van der Waals surface area contributed by atoms with Gasteiger partial charge >= 0.3 is 0 Å². The highest BCUT2D eigenvalue weighted by molar-refractivity contribution is 5.59. The van der Waals surface area contributed by atoms with Crippen molar-refractivity contribution in [2.24, 2.45) is 0 Å². The monoisotopic (exact) mass is 438 g/mol. The molecular formula is C29H46N2O. The highest BCUT2D eigenvalue weighted by atomic mass is 16.5. The molecule has 2 aromatic carbocycles. The van der Waals surface area contributed by atoms with E-state index in [0.717, 1.165) is 52.0 Å². The van der Waals surface area contributed by atoms with Gasteiger partial charge in [-0.25, -0.2) is 0 Å². The molecule has 3 heteroatoms. The smallest absolute Gasteiger partial charge is 0.0639 e. The van der Waals surface area contributed by atoms with Gasteiger partial charge in [0.1, 0.15) is 0 Å². The number of aryl methyl sites for hydroxylation is 3. The molecule has 0 radical (unpaired) electrons. The normalized spacial score (nSPS) is 12.0. The lowest BCUT2D eigenvalue weighted by Crippen LogP contribution is -2.17. The largest absolute Gasteiger partial charge is 0.382 e. The zero-order valence-electron chi connectivity index (χ0n) is 21.2. The summed E-state index contributed by atoms with van der Waals surface area (Å²) in [5.41, 5.74) is 8.42. The first kappa shape index (κ1) is 26.3. The van der Waals surface area contributed by atoms with Crippen LogP contribution in [0, 0.1) is 0 Å². The predicted molar refractivity (Wildman–Crippen MR) is 141 cm³/mol. The molecule has 178 valence electrons. The van der Waals surface area contributed by atoms with Crippen LogP contribution in [0.1, 0.15) is 88.5 Å². The Morgan fingerprint density at radius 2 is 1.16 bits per heavy atom. The highest BCUT2D eigenvalue weighted by Gasteiger charge is 2.12. The van der Waals surface area contributed by atoms with Crippen molar-refractivity contribution in [1.29, 1.82) is 0 Å². The Kier molecular flexibility index (Phi) is 12.3. The summed E-state index contributed by atoms with van der Waals surface area (Å²) in [5, 5.41) is 7.37. The van der Waals surface area contributed by atoms with E-state index in [1.54, 1.807) is 0 Å². The topological polar surface area (TPSA) is 33.3 Å². The van der Waals surface area contributed by atoms with Crippen molar-refractivity contribution < 1.29 is 4.74 Å². The Morgan fingerprint density at radius 1 is 0.688 bits per heavy atom. The molecule has 1 unspecified atom stereocenters. The van der Waals surface area contributed by atoms with Crippen molar-refractivity contribution in [3.8, 4) is 0 Å². The summed E-state index contributed by atoms with van der Waals surface area (Å²) in [5.74, 6) is 0.569. The number of rotatable bonds is 16. The molecule has 32 heavy (non-hydrogen) atoms. The number of benzene rings is 2. The SMILES string of the molecule is CCCc1cccc(CCC)c1NCCOCCNc1c(CCC)cccc1C(C)CC. The van der Waals surface area contributed by atoms with Crippen molar-refractivity contribution in [3.63, 3.8) is 0 Å². The van der Waals surface area contributed by atoms with Crippen LogP contribution in [0.15, 0.2) is 36.4 Å². The second kappa shape index (κ2) is 14.9. The molecule has 0 heterocycles. The molecular weight excluding hydrogens is 392 g/mol. The summed E-state index contributed by atoms with van der Waals surface area (Å²) in [7, 11) is 0. The van der Waals surface area contributed by atoms with Gasteiger partial charge in [-0.1, -0.05) is 90.3 Å². The van der Waals surface area contributed by atoms with E-state index in [1.165, 1.54) is 52.9 Å². The quantitative estimate of drug-likeness (QED) is 0.265. The van der Waals surface area contributed by atoms with Crippen LogP contribution in [0.3, 0.4) is 0 Å². The fourth-order valence-corrected chi connectivity index (χ4v) is 4.38. The molecule has 1 atom stereocenters. The number of hydrogen-bond donors (Lipinski definition) is 2. The van der Waals surface area contributed by atoms with Crippen molar-refractivity contribution in [1.82, 2.24) is 0 Å². The van der Waals surface area contributed by atoms with E-state index in [1.807, 2.05) is 0 Å². The van der Waals surface area contributed by atoms with E-state index >= 15 is 0 Å². The fourth-order valence-electron chi connectivity index (χ4n) is 4.38. The van der Waals surface area contributed by atoms with Gasteiger partial charge in [-0.15, -0.1) is 0 Å². The lowest BCUT2D eigenvalue weighted by molar-refractivity contribution is 0.154. The van der Waals surface area contributed by atoms with Gasteiger partial charge in [0.05, 0.1) is 13.2 Å². The highest BCUT2D eigenvalue weighted by Crippen LogP contribution is 2.30. The van der Waals surface area contributed by atoms with Crippen molar-refractivity contribution in [3.05, 3.63) is 58.7 Å². The number of para-hydroxylation sites is 2. The molecule has 2 N–H and O–H groups in total. The van der Waals surface area contributed by atoms with E-state index < -0.39 is 0 Å². The average Bonchev–Trinajstić information content (AvgIpc) is 2.80. The third kappa shape index (κ3) is 7.85. The van der Waals surface area contributed by atoms with Gasteiger partial charge in [-0.3, -0.25) is 0 Å². The maximum Gasteiger partial charge on any atom is 0.0639 e. The van der Waals surface area contributed by atoms with Crippen LogP contribution in [-0.2, 0) is 24.0 Å². The summed E-state index contributed by atoms with van der Waals surface area (Å²) in [6, 6.07) is 13.5. The summed E-state index contributed by atoms with van der Waals surface area (Å²) < 4.78 is 5.98. The third-order valence-electron chi connectivity index (χ3n) is 6.22. The van der Waals surface area contributed by atoms with Crippen LogP contribution in [0.2, 0.25) is 0 Å². The first-order valence-electron chi connectivity index (χ1n) is 12.9. The minimum Gasteiger partial charge on any atom is -0.382 e. The fraction of sp³-hybridized carbons (Fsp3) is 0.586. The van der Waals surface area contributed by atoms with Crippen LogP contribution in [0.5, 0.6) is 0 Å². The Hall–Kier alpha value is -2.00. The van der Waals surface area contributed by atoms with Crippen LogP contribution in [0.25, 0.3) is 0 Å². The Morgan fingerprint density at radius 3 is 1.66 bits per heavy atom. The molecule has 0 fully saturated rings. The predicted octanol–water partition coefficient (Wildman–Crippen LogP) is 7.60. The number of ether oxygens (including phenoxy) is 1. The minimum atomic E-state index is 0.569. The van der Waals surface area contributed by atoms with E-state index in [2.05, 4.69) is 81.7 Å². The van der Waals surface area contributed by atoms with E-state index in [4.69, 9.17) is 4.74 Å². The van der Waals surface area contributed by atoms with Crippen LogP contribution in [-0.4, -0.2) is 26.3 Å². The lowest BCUT2D eigenvalue weighted by Gasteiger charge is -2.20. The second-order valence-corrected chi connectivity index (χ2v) is 8.86. The molecule has 0 aliphatic heterocycles. The van der Waals surface area contributed by atoms with E-state index in [0.29, 0.717) is 5.92 Å². The Bertz CT molecular complexity index is 762. The lowest BCUT2D eigenvalue weighted by atomic mass is 9.93. The van der Waals surface area contributed by atoms with Gasteiger partial charge in [0.25, 0.3) is 0 Å². The summed E-state index contributed by atoms with van der Waals surface area (Å²) >= 11 is 0. The molecule has 0 aliphatic carbocycles. The second-order valence-electron chi connectivity index (χ2n) is 8.86. The molecule has 0 aliphatic rings.